The normalized spacial score (nSPS) is 17.1. The summed E-state index contributed by atoms with van der Waals surface area (Å²) in [6.07, 6.45) is 5.14. The van der Waals surface area contributed by atoms with E-state index in [0.717, 1.165) is 42.5 Å². The fourth-order valence-corrected chi connectivity index (χ4v) is 5.14. The van der Waals surface area contributed by atoms with Gasteiger partial charge in [0.15, 0.2) is 5.82 Å². The van der Waals surface area contributed by atoms with Crippen LogP contribution in [0, 0.1) is 20.8 Å². The van der Waals surface area contributed by atoms with E-state index in [0.29, 0.717) is 12.6 Å². The molecule has 0 aliphatic carbocycles. The van der Waals surface area contributed by atoms with Gasteiger partial charge in [-0.15, -0.1) is 5.10 Å². The quantitative estimate of drug-likeness (QED) is 0.479. The van der Waals surface area contributed by atoms with Crippen LogP contribution in [0.1, 0.15) is 56.6 Å². The molecule has 1 saturated heterocycles. The molecule has 1 N–H and O–H groups in total. The number of hydrogen-bond acceptors (Lipinski definition) is 5. The van der Waals surface area contributed by atoms with Gasteiger partial charge >= 0.3 is 0 Å². The summed E-state index contributed by atoms with van der Waals surface area (Å²) in [6.45, 7) is 14.7. The molecular formula is C26H37N5O. The van der Waals surface area contributed by atoms with E-state index >= 15 is 0 Å². The van der Waals surface area contributed by atoms with Crippen LogP contribution in [0.3, 0.4) is 0 Å². The number of rotatable bonds is 8. The average molecular weight is 436 g/mol. The van der Waals surface area contributed by atoms with Crippen LogP contribution in [0.25, 0.3) is 16.5 Å². The van der Waals surface area contributed by atoms with Gasteiger partial charge in [0, 0.05) is 47.0 Å². The number of anilines is 1. The second-order valence-corrected chi connectivity index (χ2v) is 8.98. The Balaban J connectivity index is 1.56. The molecule has 1 unspecified atom stereocenters. The van der Waals surface area contributed by atoms with Gasteiger partial charge < -0.3 is 19.5 Å². The van der Waals surface area contributed by atoms with Gasteiger partial charge in [0.25, 0.3) is 0 Å². The molecule has 1 aliphatic heterocycles. The molecule has 172 valence electrons. The van der Waals surface area contributed by atoms with Crippen molar-refractivity contribution >= 4 is 16.6 Å². The van der Waals surface area contributed by atoms with Crippen molar-refractivity contribution in [3.63, 3.8) is 0 Å². The van der Waals surface area contributed by atoms with Crippen molar-refractivity contribution in [1.82, 2.24) is 19.7 Å². The molecule has 32 heavy (non-hydrogen) atoms. The molecule has 0 radical (unpaired) electrons. The highest BCUT2D eigenvalue weighted by Crippen LogP contribution is 2.34. The van der Waals surface area contributed by atoms with Crippen LogP contribution in [0.5, 0.6) is 5.75 Å². The van der Waals surface area contributed by atoms with Crippen molar-refractivity contribution in [1.29, 1.82) is 0 Å². The van der Waals surface area contributed by atoms with E-state index in [1.54, 1.807) is 0 Å². The highest BCUT2D eigenvalue weighted by molar-refractivity contribution is 5.98. The Labute approximate surface area is 192 Å². The van der Waals surface area contributed by atoms with Crippen LogP contribution in [0.4, 0.5) is 5.82 Å². The van der Waals surface area contributed by atoms with Crippen molar-refractivity contribution in [2.75, 3.05) is 31.6 Å². The molecule has 1 aliphatic rings. The fraction of sp³-hybridized carbons (Fsp3) is 0.538. The monoisotopic (exact) mass is 435 g/mol. The van der Waals surface area contributed by atoms with Gasteiger partial charge in [0.2, 0.25) is 0 Å². The maximum atomic E-state index is 5.62. The summed E-state index contributed by atoms with van der Waals surface area (Å²) in [5.74, 6) is 1.79. The van der Waals surface area contributed by atoms with Crippen LogP contribution < -0.4 is 10.1 Å². The molecule has 0 bridgehead atoms. The summed E-state index contributed by atoms with van der Waals surface area (Å²) in [5, 5.41) is 15.0. The zero-order valence-electron chi connectivity index (χ0n) is 20.2. The Bertz CT molecular complexity index is 1060. The molecule has 3 aromatic rings. The lowest BCUT2D eigenvalue weighted by molar-refractivity contribution is 0.160. The molecule has 0 amide bonds. The summed E-state index contributed by atoms with van der Waals surface area (Å²) in [6, 6.07) is 9.02. The molecule has 6 heteroatoms. The fourth-order valence-electron chi connectivity index (χ4n) is 5.14. The van der Waals surface area contributed by atoms with Crippen LogP contribution in [0.15, 0.2) is 24.3 Å². The third-order valence-electron chi connectivity index (χ3n) is 6.80. The first-order valence-corrected chi connectivity index (χ1v) is 12.1. The Kier molecular flexibility index (Phi) is 6.99. The van der Waals surface area contributed by atoms with E-state index in [1.807, 2.05) is 26.0 Å². The zero-order chi connectivity index (χ0) is 22.7. The second kappa shape index (κ2) is 9.90. The van der Waals surface area contributed by atoms with E-state index in [-0.39, 0.29) is 0 Å². The number of aromatic nitrogens is 3. The lowest BCUT2D eigenvalue weighted by Gasteiger charge is -2.33. The summed E-state index contributed by atoms with van der Waals surface area (Å²) in [4.78, 5) is 2.62. The standard InChI is InChI=1S/C26H37N5O/c1-6-32-23-13-11-22(12-14-23)31-20(4)24-19(3)28-29-26(25(24)21(31)5)27-15-9-17-30-16-8-7-10-18(30)2/h11-14,18H,6-10,15-17H2,1-5H3,(H,27,29). The summed E-state index contributed by atoms with van der Waals surface area (Å²) in [5.41, 5.74) is 4.48. The summed E-state index contributed by atoms with van der Waals surface area (Å²) >= 11 is 0. The van der Waals surface area contributed by atoms with Crippen molar-refractivity contribution in [3.8, 4) is 11.4 Å². The van der Waals surface area contributed by atoms with Gasteiger partial charge in [-0.2, -0.15) is 5.10 Å². The minimum atomic E-state index is 0.674. The Morgan fingerprint density at radius 2 is 1.78 bits per heavy atom. The number of benzene rings is 1. The van der Waals surface area contributed by atoms with Crippen molar-refractivity contribution < 1.29 is 4.74 Å². The van der Waals surface area contributed by atoms with Crippen LogP contribution in [-0.4, -0.2) is 51.9 Å². The third kappa shape index (κ3) is 4.46. The predicted molar refractivity (Wildman–Crippen MR) is 132 cm³/mol. The van der Waals surface area contributed by atoms with Crippen LogP contribution in [0.2, 0.25) is 0 Å². The molecule has 0 spiro atoms. The van der Waals surface area contributed by atoms with Gasteiger partial charge in [-0.25, -0.2) is 0 Å². The number of fused-ring (bicyclic) bond motifs is 1. The molecule has 1 aromatic carbocycles. The lowest BCUT2D eigenvalue weighted by atomic mass is 10.0. The first kappa shape index (κ1) is 22.6. The van der Waals surface area contributed by atoms with Gasteiger partial charge in [0.1, 0.15) is 5.75 Å². The van der Waals surface area contributed by atoms with Crippen molar-refractivity contribution in [2.24, 2.45) is 0 Å². The van der Waals surface area contributed by atoms with Gasteiger partial charge in [0.05, 0.1) is 12.3 Å². The molecule has 3 heterocycles. The molecule has 1 atom stereocenters. The Morgan fingerprint density at radius 3 is 2.50 bits per heavy atom. The number of ether oxygens (including phenoxy) is 1. The largest absolute Gasteiger partial charge is 0.494 e. The number of likely N-dealkylation sites (tertiary alicyclic amines) is 1. The van der Waals surface area contributed by atoms with E-state index in [9.17, 15) is 0 Å². The molecule has 4 rings (SSSR count). The van der Waals surface area contributed by atoms with Gasteiger partial charge in [-0.3, -0.25) is 0 Å². The summed E-state index contributed by atoms with van der Waals surface area (Å²) < 4.78 is 7.92. The zero-order valence-corrected chi connectivity index (χ0v) is 20.2. The Hall–Kier alpha value is -2.60. The number of nitrogens with one attached hydrogen (secondary N) is 1. The predicted octanol–water partition coefficient (Wildman–Crippen LogP) is 5.42. The second-order valence-electron chi connectivity index (χ2n) is 8.98. The first-order valence-electron chi connectivity index (χ1n) is 12.1. The van der Waals surface area contributed by atoms with E-state index < -0.39 is 0 Å². The topological polar surface area (TPSA) is 55.2 Å². The van der Waals surface area contributed by atoms with Crippen molar-refractivity contribution in [2.45, 2.75) is 66.3 Å². The minimum Gasteiger partial charge on any atom is -0.494 e. The molecular weight excluding hydrogens is 398 g/mol. The van der Waals surface area contributed by atoms with Gasteiger partial charge in [-0.05, 0) is 84.7 Å². The van der Waals surface area contributed by atoms with E-state index in [2.05, 4.69) is 57.9 Å². The average Bonchev–Trinajstić information content (AvgIpc) is 3.06. The number of nitrogens with zero attached hydrogens (tertiary/aromatic N) is 4. The maximum absolute atomic E-state index is 5.62. The number of hydrogen-bond donors (Lipinski definition) is 1. The lowest BCUT2D eigenvalue weighted by Crippen LogP contribution is -2.38. The SMILES string of the molecule is CCOc1ccc(-n2c(C)c3c(C)nnc(NCCCN4CCCCC4C)c3c2C)cc1. The maximum Gasteiger partial charge on any atom is 0.158 e. The molecule has 0 saturated carbocycles. The molecule has 1 fully saturated rings. The smallest absolute Gasteiger partial charge is 0.158 e. The third-order valence-corrected chi connectivity index (χ3v) is 6.80. The molecule has 6 nitrogen and oxygen atoms in total. The number of aryl methyl sites for hydroxylation is 3. The van der Waals surface area contributed by atoms with E-state index in [1.165, 1.54) is 48.0 Å². The first-order chi connectivity index (χ1) is 15.5. The molecule has 2 aromatic heterocycles. The Morgan fingerprint density at radius 1 is 1.03 bits per heavy atom. The summed E-state index contributed by atoms with van der Waals surface area (Å²) in [7, 11) is 0. The van der Waals surface area contributed by atoms with Crippen LogP contribution >= 0.6 is 0 Å². The van der Waals surface area contributed by atoms with Gasteiger partial charge in [-0.1, -0.05) is 6.42 Å². The van der Waals surface area contributed by atoms with Crippen LogP contribution in [-0.2, 0) is 0 Å². The number of piperidine rings is 1. The highest BCUT2D eigenvalue weighted by Gasteiger charge is 2.20. The highest BCUT2D eigenvalue weighted by atomic mass is 16.5. The minimum absolute atomic E-state index is 0.674. The van der Waals surface area contributed by atoms with E-state index in [4.69, 9.17) is 4.74 Å². The van der Waals surface area contributed by atoms with Crippen molar-refractivity contribution in [3.05, 3.63) is 41.3 Å².